The second kappa shape index (κ2) is 7.06. The van der Waals surface area contributed by atoms with Gasteiger partial charge in [-0.2, -0.15) is 0 Å². The Morgan fingerprint density at radius 1 is 1.28 bits per heavy atom. The monoisotopic (exact) mass is 358 g/mol. The van der Waals surface area contributed by atoms with Crippen LogP contribution in [0.1, 0.15) is 36.2 Å². The minimum Gasteiger partial charge on any atom is -0.479 e. The number of H-pyrrole nitrogens is 1. The van der Waals surface area contributed by atoms with Crippen molar-refractivity contribution in [3.8, 4) is 0 Å². The second-order valence-corrected chi connectivity index (χ2v) is 6.95. The SMILES string of the molecule is CCCCc1cc2c(=O)n(C(C(=O)O)c3ccccc3)c(=O)[nH]c2s1. The Labute approximate surface area is 147 Å². The minimum absolute atomic E-state index is 0.359. The summed E-state index contributed by atoms with van der Waals surface area (Å²) in [7, 11) is 0. The third-order valence-electron chi connectivity index (χ3n) is 4.06. The van der Waals surface area contributed by atoms with Crippen molar-refractivity contribution in [3.05, 3.63) is 67.7 Å². The minimum atomic E-state index is -1.36. The van der Waals surface area contributed by atoms with Gasteiger partial charge < -0.3 is 5.11 Å². The first-order chi connectivity index (χ1) is 12.0. The fraction of sp³-hybridized carbons (Fsp3) is 0.278. The molecule has 0 spiro atoms. The molecule has 0 fully saturated rings. The van der Waals surface area contributed by atoms with Crippen molar-refractivity contribution < 1.29 is 9.90 Å². The van der Waals surface area contributed by atoms with E-state index in [1.807, 2.05) is 0 Å². The van der Waals surface area contributed by atoms with Crippen LogP contribution in [0.4, 0.5) is 0 Å². The molecule has 0 aliphatic carbocycles. The van der Waals surface area contributed by atoms with Crippen molar-refractivity contribution in [2.45, 2.75) is 32.2 Å². The van der Waals surface area contributed by atoms with Crippen molar-refractivity contribution in [3.63, 3.8) is 0 Å². The predicted molar refractivity (Wildman–Crippen MR) is 97.5 cm³/mol. The maximum Gasteiger partial charge on any atom is 0.331 e. The van der Waals surface area contributed by atoms with Gasteiger partial charge in [0.2, 0.25) is 0 Å². The number of benzene rings is 1. The van der Waals surface area contributed by atoms with Gasteiger partial charge >= 0.3 is 11.7 Å². The Balaban J connectivity index is 2.19. The number of unbranched alkanes of at least 4 members (excludes halogenated alkanes) is 1. The zero-order valence-electron chi connectivity index (χ0n) is 13.7. The van der Waals surface area contributed by atoms with E-state index in [0.717, 1.165) is 28.7 Å². The lowest BCUT2D eigenvalue weighted by Gasteiger charge is -2.14. The van der Waals surface area contributed by atoms with Crippen LogP contribution in [-0.4, -0.2) is 20.6 Å². The van der Waals surface area contributed by atoms with Gasteiger partial charge in [0.1, 0.15) is 4.83 Å². The fourth-order valence-electron chi connectivity index (χ4n) is 2.82. The summed E-state index contributed by atoms with van der Waals surface area (Å²) < 4.78 is 0.788. The smallest absolute Gasteiger partial charge is 0.331 e. The van der Waals surface area contributed by atoms with Gasteiger partial charge in [-0.25, -0.2) is 14.2 Å². The van der Waals surface area contributed by atoms with Gasteiger partial charge in [0, 0.05) is 4.88 Å². The van der Waals surface area contributed by atoms with Crippen LogP contribution in [-0.2, 0) is 11.2 Å². The van der Waals surface area contributed by atoms with Gasteiger partial charge in [-0.15, -0.1) is 11.3 Å². The largest absolute Gasteiger partial charge is 0.479 e. The highest BCUT2D eigenvalue weighted by Gasteiger charge is 2.26. The van der Waals surface area contributed by atoms with Gasteiger partial charge in [0.05, 0.1) is 5.39 Å². The maximum atomic E-state index is 12.8. The summed E-state index contributed by atoms with van der Waals surface area (Å²) in [6.07, 6.45) is 2.86. The van der Waals surface area contributed by atoms with Crippen LogP contribution < -0.4 is 11.2 Å². The summed E-state index contributed by atoms with van der Waals surface area (Å²) in [5.74, 6) is -1.25. The van der Waals surface area contributed by atoms with Crippen LogP contribution >= 0.6 is 11.3 Å². The molecule has 1 aromatic carbocycles. The number of aliphatic carboxylic acids is 1. The lowest BCUT2D eigenvalue weighted by atomic mass is 10.1. The molecule has 0 saturated heterocycles. The Kier molecular flexibility index (Phi) is 4.85. The van der Waals surface area contributed by atoms with Gasteiger partial charge in [-0.05, 0) is 24.5 Å². The molecule has 2 N–H and O–H groups in total. The normalized spacial score (nSPS) is 12.4. The number of hydrogen-bond donors (Lipinski definition) is 2. The molecular weight excluding hydrogens is 340 g/mol. The molecule has 0 aliphatic heterocycles. The number of carboxylic acids is 1. The maximum absolute atomic E-state index is 12.8. The predicted octanol–water partition coefficient (Wildman–Crippen LogP) is 2.77. The number of nitrogens with zero attached hydrogens (tertiary/aromatic N) is 1. The number of fused-ring (bicyclic) bond motifs is 1. The highest BCUT2D eigenvalue weighted by molar-refractivity contribution is 7.18. The van der Waals surface area contributed by atoms with Crippen LogP contribution in [0.25, 0.3) is 10.2 Å². The first kappa shape index (κ1) is 17.2. The lowest BCUT2D eigenvalue weighted by molar-refractivity contribution is -0.139. The van der Waals surface area contributed by atoms with Crippen molar-refractivity contribution >= 4 is 27.5 Å². The number of nitrogens with one attached hydrogen (secondary N) is 1. The molecule has 1 unspecified atom stereocenters. The van der Waals surface area contributed by atoms with Crippen molar-refractivity contribution in [1.82, 2.24) is 9.55 Å². The first-order valence-corrected chi connectivity index (χ1v) is 8.89. The van der Waals surface area contributed by atoms with Crippen LogP contribution in [0, 0.1) is 0 Å². The number of hydrogen-bond acceptors (Lipinski definition) is 4. The summed E-state index contributed by atoms with van der Waals surface area (Å²) in [5.41, 5.74) is -0.907. The zero-order chi connectivity index (χ0) is 18.0. The quantitative estimate of drug-likeness (QED) is 0.709. The highest BCUT2D eigenvalue weighted by Crippen LogP contribution is 2.23. The van der Waals surface area contributed by atoms with E-state index in [-0.39, 0.29) is 0 Å². The van der Waals surface area contributed by atoms with Gasteiger partial charge in [-0.3, -0.25) is 9.78 Å². The molecule has 0 amide bonds. The summed E-state index contributed by atoms with van der Waals surface area (Å²) in [5, 5.41) is 9.97. The van der Waals surface area contributed by atoms with Gasteiger partial charge in [-0.1, -0.05) is 43.7 Å². The first-order valence-electron chi connectivity index (χ1n) is 8.08. The van der Waals surface area contributed by atoms with Crippen molar-refractivity contribution in [2.75, 3.05) is 0 Å². The molecule has 130 valence electrons. The fourth-order valence-corrected chi connectivity index (χ4v) is 3.90. The molecule has 25 heavy (non-hydrogen) atoms. The Bertz CT molecular complexity index is 1020. The molecule has 3 rings (SSSR count). The molecule has 0 bridgehead atoms. The molecule has 0 saturated carbocycles. The molecule has 7 heteroatoms. The number of aromatic nitrogens is 2. The number of aryl methyl sites for hydroxylation is 1. The van der Waals surface area contributed by atoms with E-state index in [9.17, 15) is 19.5 Å². The average Bonchev–Trinajstić information content (AvgIpc) is 3.00. The van der Waals surface area contributed by atoms with E-state index in [4.69, 9.17) is 0 Å². The summed E-state index contributed by atoms with van der Waals surface area (Å²) in [6.45, 7) is 2.08. The molecule has 6 nitrogen and oxygen atoms in total. The zero-order valence-corrected chi connectivity index (χ0v) is 14.5. The summed E-state index contributed by atoms with van der Waals surface area (Å²) in [4.78, 5) is 41.2. The van der Waals surface area contributed by atoms with E-state index in [0.29, 0.717) is 15.8 Å². The molecule has 0 aliphatic rings. The third kappa shape index (κ3) is 3.28. The van der Waals surface area contributed by atoms with Gasteiger partial charge in [0.15, 0.2) is 6.04 Å². The average molecular weight is 358 g/mol. The van der Waals surface area contributed by atoms with Crippen LogP contribution in [0.15, 0.2) is 46.0 Å². The van der Waals surface area contributed by atoms with Crippen LogP contribution in [0.2, 0.25) is 0 Å². The lowest BCUT2D eigenvalue weighted by Crippen LogP contribution is -2.41. The van der Waals surface area contributed by atoms with Gasteiger partial charge in [0.25, 0.3) is 5.56 Å². The van der Waals surface area contributed by atoms with E-state index in [1.165, 1.54) is 11.3 Å². The number of carboxylic acid groups (broad SMARTS) is 1. The molecule has 3 aromatic rings. The Hall–Kier alpha value is -2.67. The molecule has 2 aromatic heterocycles. The third-order valence-corrected chi connectivity index (χ3v) is 5.17. The number of aromatic amines is 1. The molecule has 0 radical (unpaired) electrons. The van der Waals surface area contributed by atoms with E-state index < -0.39 is 23.3 Å². The molecule has 2 heterocycles. The van der Waals surface area contributed by atoms with E-state index >= 15 is 0 Å². The topological polar surface area (TPSA) is 92.2 Å². The Morgan fingerprint density at radius 2 is 2.00 bits per heavy atom. The van der Waals surface area contributed by atoms with Crippen LogP contribution in [0.3, 0.4) is 0 Å². The Morgan fingerprint density at radius 3 is 2.64 bits per heavy atom. The number of rotatable bonds is 6. The van der Waals surface area contributed by atoms with Crippen LogP contribution in [0.5, 0.6) is 0 Å². The second-order valence-electron chi connectivity index (χ2n) is 5.82. The van der Waals surface area contributed by atoms with E-state index in [2.05, 4.69) is 11.9 Å². The number of carbonyl (C=O) groups is 1. The summed E-state index contributed by atoms with van der Waals surface area (Å²) >= 11 is 1.37. The standard InChI is InChI=1S/C18H18N2O4S/c1-2-3-9-12-10-13-15(25-12)19-18(24)20(16(13)21)14(17(22)23)11-7-5-4-6-8-11/h4-8,10,14H,2-3,9H2,1H3,(H,19,24)(H,22,23). The molecular formula is C18H18N2O4S. The highest BCUT2D eigenvalue weighted by atomic mass is 32.1. The van der Waals surface area contributed by atoms with Crippen molar-refractivity contribution in [2.24, 2.45) is 0 Å². The molecule has 1 atom stereocenters. The van der Waals surface area contributed by atoms with E-state index in [1.54, 1.807) is 36.4 Å². The summed E-state index contributed by atoms with van der Waals surface area (Å²) in [6, 6.07) is 8.68. The van der Waals surface area contributed by atoms with Crippen molar-refractivity contribution in [1.29, 1.82) is 0 Å². The number of thiophene rings is 1.